The van der Waals surface area contributed by atoms with E-state index in [-0.39, 0.29) is 38.3 Å². The maximum absolute atomic E-state index is 9.90. The number of aliphatic hydroxyl groups is 4. The Hall–Kier alpha value is -1.30. The molecule has 30 heavy (non-hydrogen) atoms. The Bertz CT molecular complexity index is 372. The number of aliphatic carboxylic acids is 2. The average molecular weight is 443 g/mol. The Morgan fingerprint density at radius 3 is 1.07 bits per heavy atom. The van der Waals surface area contributed by atoms with Crippen LogP contribution in [0.2, 0.25) is 0 Å². The number of hydrogen-bond acceptors (Lipinski definition) is 8. The summed E-state index contributed by atoms with van der Waals surface area (Å²) in [5.74, 6) is -1.74. The van der Waals surface area contributed by atoms with Gasteiger partial charge in [-0.15, -0.1) is 0 Å². The van der Waals surface area contributed by atoms with Gasteiger partial charge in [-0.25, -0.2) is 0 Å². The van der Waals surface area contributed by atoms with E-state index in [1.807, 2.05) is 0 Å². The first-order chi connectivity index (χ1) is 13.7. The first-order valence-corrected chi connectivity index (χ1v) is 10.1. The number of carboxylic acid groups (broad SMARTS) is 2. The molecule has 0 aromatic carbocycles. The zero-order valence-electron chi connectivity index (χ0n) is 19.0. The van der Waals surface area contributed by atoms with Crippen LogP contribution in [0, 0.1) is 0 Å². The molecule has 0 heterocycles. The molecule has 0 aromatic heterocycles. The van der Waals surface area contributed by atoms with E-state index in [4.69, 9.17) is 40.1 Å². The van der Waals surface area contributed by atoms with Crippen LogP contribution in [0.5, 0.6) is 0 Å². The van der Waals surface area contributed by atoms with E-state index in [0.717, 1.165) is 0 Å². The summed E-state index contributed by atoms with van der Waals surface area (Å²) in [6, 6.07) is 0. The fourth-order valence-corrected chi connectivity index (χ4v) is 1.41. The van der Waals surface area contributed by atoms with Crippen LogP contribution in [0.25, 0.3) is 0 Å². The predicted molar refractivity (Wildman–Crippen MR) is 111 cm³/mol. The highest BCUT2D eigenvalue weighted by Gasteiger charge is 2.10. The lowest BCUT2D eigenvalue weighted by atomic mass is 10.2. The molecule has 6 atom stereocenters. The van der Waals surface area contributed by atoms with Crippen molar-refractivity contribution in [3.63, 3.8) is 0 Å². The van der Waals surface area contributed by atoms with E-state index >= 15 is 0 Å². The van der Waals surface area contributed by atoms with Crippen LogP contribution in [0.15, 0.2) is 0 Å². The normalized spacial score (nSPS) is 16.5. The smallest absolute Gasteiger partial charge is 0.303 e. The third-order valence-electron chi connectivity index (χ3n) is 3.59. The number of rotatable bonds is 13. The molecule has 182 valence electrons. The summed E-state index contributed by atoms with van der Waals surface area (Å²) < 4.78 is 10.1. The van der Waals surface area contributed by atoms with Crippen molar-refractivity contribution in [3.8, 4) is 0 Å². The van der Waals surface area contributed by atoms with Crippen molar-refractivity contribution in [2.45, 2.75) is 104 Å². The molecule has 0 fully saturated rings. The largest absolute Gasteiger partial charge is 0.481 e. The van der Waals surface area contributed by atoms with Crippen molar-refractivity contribution >= 4 is 11.9 Å². The number of aliphatic hydroxyl groups excluding tert-OH is 4. The Balaban J connectivity index is -0.000000364. The number of carbonyl (C=O) groups is 2. The Morgan fingerprint density at radius 2 is 0.900 bits per heavy atom. The maximum atomic E-state index is 9.90. The van der Waals surface area contributed by atoms with Crippen molar-refractivity contribution in [1.29, 1.82) is 0 Å². The fraction of sp³-hybridized carbons (Fsp3) is 0.900. The van der Waals surface area contributed by atoms with Crippen molar-refractivity contribution < 1.29 is 49.7 Å². The molecule has 0 aromatic rings. The van der Waals surface area contributed by atoms with Gasteiger partial charge in [-0.05, 0) is 54.4 Å². The average Bonchev–Trinajstić information content (AvgIpc) is 2.61. The second kappa shape index (κ2) is 21.0. The summed E-state index contributed by atoms with van der Waals surface area (Å²) in [5.41, 5.74) is 0. The van der Waals surface area contributed by atoms with Gasteiger partial charge in [-0.1, -0.05) is 0 Å². The lowest BCUT2D eigenvalue weighted by molar-refractivity contribution is -0.139. The predicted octanol–water partition coefficient (Wildman–Crippen LogP) is 1.02. The minimum absolute atomic E-state index is 0.0628. The van der Waals surface area contributed by atoms with Gasteiger partial charge in [0.25, 0.3) is 0 Å². The number of carboxylic acids is 2. The van der Waals surface area contributed by atoms with Crippen LogP contribution in [0.1, 0.15) is 67.2 Å². The molecule has 0 aliphatic rings. The zero-order valence-corrected chi connectivity index (χ0v) is 19.0. The van der Waals surface area contributed by atoms with Crippen LogP contribution >= 0.6 is 0 Å². The van der Waals surface area contributed by atoms with Crippen LogP contribution < -0.4 is 0 Å². The van der Waals surface area contributed by atoms with E-state index in [1.165, 1.54) is 0 Å². The summed E-state index contributed by atoms with van der Waals surface area (Å²) in [6.07, 6.45) is -1.24. The highest BCUT2D eigenvalue weighted by atomic mass is 16.5. The van der Waals surface area contributed by atoms with Gasteiger partial charge in [0.05, 0.1) is 49.8 Å². The van der Waals surface area contributed by atoms with Gasteiger partial charge in [0.1, 0.15) is 0 Å². The minimum Gasteiger partial charge on any atom is -0.481 e. The second-order valence-corrected chi connectivity index (χ2v) is 7.25. The molecular formula is C20H42O10. The molecule has 6 unspecified atom stereocenters. The van der Waals surface area contributed by atoms with E-state index in [0.29, 0.717) is 12.8 Å². The van der Waals surface area contributed by atoms with Crippen LogP contribution in [0.3, 0.4) is 0 Å². The number of ether oxygens (including phenoxy) is 2. The first kappa shape index (κ1) is 33.3. The molecule has 0 rings (SSSR count). The van der Waals surface area contributed by atoms with Gasteiger partial charge in [0.15, 0.2) is 0 Å². The standard InChI is InChI=1S/2C7H16O3.C6H10O4/c2*1-5(8)4-10-7(3)6(2)9;7-5(8)3-1-2-4-6(9)10/h2*5-9H,4H2,1-3H3;1-4H2,(H,7,8)(H,9,10). The second-order valence-electron chi connectivity index (χ2n) is 7.25. The van der Waals surface area contributed by atoms with E-state index < -0.39 is 36.4 Å². The Kier molecular flexibility index (Phi) is 23.3. The molecular weight excluding hydrogens is 400 g/mol. The lowest BCUT2D eigenvalue weighted by Crippen LogP contribution is -2.26. The van der Waals surface area contributed by atoms with Crippen molar-refractivity contribution in [2.75, 3.05) is 13.2 Å². The fourth-order valence-electron chi connectivity index (χ4n) is 1.41. The van der Waals surface area contributed by atoms with Crippen LogP contribution in [-0.4, -0.2) is 92.4 Å². The SMILES string of the molecule is CC(O)COC(C)C(C)O.CC(O)COC(C)C(C)O.O=C(O)CCCCC(=O)O. The highest BCUT2D eigenvalue weighted by molar-refractivity contribution is 5.67. The minimum atomic E-state index is -0.870. The zero-order chi connectivity index (χ0) is 24.3. The van der Waals surface area contributed by atoms with Gasteiger partial charge < -0.3 is 40.1 Å². The summed E-state index contributed by atoms with van der Waals surface area (Å²) in [7, 11) is 0. The molecule has 10 heteroatoms. The van der Waals surface area contributed by atoms with Crippen molar-refractivity contribution in [1.82, 2.24) is 0 Å². The third-order valence-corrected chi connectivity index (χ3v) is 3.59. The van der Waals surface area contributed by atoms with Gasteiger partial charge >= 0.3 is 11.9 Å². The highest BCUT2D eigenvalue weighted by Crippen LogP contribution is 1.99. The number of hydrogen-bond donors (Lipinski definition) is 6. The van der Waals surface area contributed by atoms with Gasteiger partial charge in [-0.3, -0.25) is 9.59 Å². The molecule has 0 saturated heterocycles. The first-order valence-electron chi connectivity index (χ1n) is 10.1. The molecule has 0 radical (unpaired) electrons. The van der Waals surface area contributed by atoms with Gasteiger partial charge in [-0.2, -0.15) is 0 Å². The molecule has 0 saturated carbocycles. The topological polar surface area (TPSA) is 174 Å². The molecule has 10 nitrogen and oxygen atoms in total. The summed E-state index contributed by atoms with van der Waals surface area (Å²) in [4.78, 5) is 19.8. The summed E-state index contributed by atoms with van der Waals surface area (Å²) in [6.45, 7) is 10.7. The molecule has 0 bridgehead atoms. The monoisotopic (exact) mass is 442 g/mol. The van der Waals surface area contributed by atoms with Crippen molar-refractivity contribution in [2.24, 2.45) is 0 Å². The van der Waals surface area contributed by atoms with E-state index in [1.54, 1.807) is 41.5 Å². The third kappa shape index (κ3) is 31.4. The maximum Gasteiger partial charge on any atom is 0.303 e. The van der Waals surface area contributed by atoms with E-state index in [9.17, 15) is 9.59 Å². The van der Waals surface area contributed by atoms with Crippen LogP contribution in [0.4, 0.5) is 0 Å². The molecule has 0 aliphatic heterocycles. The lowest BCUT2D eigenvalue weighted by Gasteiger charge is -2.16. The van der Waals surface area contributed by atoms with Gasteiger partial charge in [0, 0.05) is 12.8 Å². The van der Waals surface area contributed by atoms with Crippen molar-refractivity contribution in [3.05, 3.63) is 0 Å². The van der Waals surface area contributed by atoms with Gasteiger partial charge in [0.2, 0.25) is 0 Å². The number of unbranched alkanes of at least 4 members (excludes halogenated alkanes) is 1. The van der Waals surface area contributed by atoms with E-state index in [2.05, 4.69) is 0 Å². The quantitative estimate of drug-likeness (QED) is 0.226. The molecule has 0 amide bonds. The Labute approximate surface area is 179 Å². The molecule has 0 spiro atoms. The Morgan fingerprint density at radius 1 is 0.633 bits per heavy atom. The summed E-state index contributed by atoms with van der Waals surface area (Å²) in [5, 5.41) is 51.7. The summed E-state index contributed by atoms with van der Waals surface area (Å²) >= 11 is 0. The van der Waals surface area contributed by atoms with Crippen LogP contribution in [-0.2, 0) is 19.1 Å². The molecule has 0 aliphatic carbocycles. The molecule has 6 N–H and O–H groups in total.